The molecule has 1 aromatic heterocycles. The van der Waals surface area contributed by atoms with E-state index in [1.807, 2.05) is 18.2 Å². The van der Waals surface area contributed by atoms with Gasteiger partial charge in [-0.1, -0.05) is 11.6 Å². The fraction of sp³-hybridized carbons (Fsp3) is 0.533. The number of nitrogens with one attached hydrogen (secondary N) is 1. The molecule has 2 aromatic rings. The topological polar surface area (TPSA) is 28.7 Å². The van der Waals surface area contributed by atoms with E-state index in [-0.39, 0.29) is 0 Å². The van der Waals surface area contributed by atoms with Crippen LogP contribution in [0, 0.1) is 23.7 Å². The van der Waals surface area contributed by atoms with Gasteiger partial charge in [-0.3, -0.25) is 0 Å². The third kappa shape index (κ3) is 1.13. The summed E-state index contributed by atoms with van der Waals surface area (Å²) in [5.41, 5.74) is 2.15. The normalized spacial score (nSPS) is 40.4. The highest BCUT2D eigenvalue weighted by molar-refractivity contribution is 6.31. The average Bonchev–Trinajstić information content (AvgIpc) is 2.75. The first-order valence-electron chi connectivity index (χ1n) is 6.96. The van der Waals surface area contributed by atoms with E-state index in [1.165, 1.54) is 25.1 Å². The predicted octanol–water partition coefficient (Wildman–Crippen LogP) is 3.98. The fourth-order valence-electron chi connectivity index (χ4n) is 4.85. The van der Waals surface area contributed by atoms with E-state index in [2.05, 4.69) is 4.98 Å². The quantitative estimate of drug-likeness (QED) is 0.824. The highest BCUT2D eigenvalue weighted by Crippen LogP contribution is 2.72. The van der Waals surface area contributed by atoms with Gasteiger partial charge < -0.3 is 4.98 Å². The third-order valence-electron chi connectivity index (χ3n) is 5.51. The van der Waals surface area contributed by atoms with Gasteiger partial charge in [-0.25, -0.2) is 4.98 Å². The highest BCUT2D eigenvalue weighted by atomic mass is 35.5. The molecule has 4 unspecified atom stereocenters. The fourth-order valence-corrected chi connectivity index (χ4v) is 5.02. The summed E-state index contributed by atoms with van der Waals surface area (Å²) in [6, 6.07) is 5.93. The molecule has 3 aliphatic carbocycles. The summed E-state index contributed by atoms with van der Waals surface area (Å²) < 4.78 is 0. The van der Waals surface area contributed by atoms with E-state index in [1.54, 1.807) is 0 Å². The van der Waals surface area contributed by atoms with Crippen molar-refractivity contribution in [3.8, 4) is 0 Å². The summed E-state index contributed by atoms with van der Waals surface area (Å²) in [6.45, 7) is 0. The summed E-state index contributed by atoms with van der Waals surface area (Å²) in [7, 11) is 0. The number of fused-ring (bicyclic) bond motifs is 6. The average molecular weight is 259 g/mol. The number of aromatic nitrogens is 2. The zero-order valence-corrected chi connectivity index (χ0v) is 10.8. The molecule has 0 amide bonds. The lowest BCUT2D eigenvalue weighted by Gasteiger charge is -2.05. The van der Waals surface area contributed by atoms with Crippen LogP contribution >= 0.6 is 11.6 Å². The molecular formula is C15H15ClN2. The molecule has 2 bridgehead atoms. The lowest BCUT2D eigenvalue weighted by atomic mass is 10.0. The van der Waals surface area contributed by atoms with Crippen LogP contribution in [-0.4, -0.2) is 9.97 Å². The maximum absolute atomic E-state index is 6.03. The van der Waals surface area contributed by atoms with Crippen molar-refractivity contribution in [3.05, 3.63) is 29.0 Å². The van der Waals surface area contributed by atoms with Gasteiger partial charge in [0.15, 0.2) is 0 Å². The van der Waals surface area contributed by atoms with Crippen molar-refractivity contribution in [1.82, 2.24) is 9.97 Å². The molecule has 1 N–H and O–H groups in total. The first-order valence-corrected chi connectivity index (χ1v) is 7.34. The van der Waals surface area contributed by atoms with Gasteiger partial charge in [-0.2, -0.15) is 0 Å². The van der Waals surface area contributed by atoms with Crippen LogP contribution in [0.25, 0.3) is 11.0 Å². The summed E-state index contributed by atoms with van der Waals surface area (Å²) in [5.74, 6) is 5.84. The second-order valence-electron chi connectivity index (χ2n) is 6.30. The van der Waals surface area contributed by atoms with E-state index in [9.17, 15) is 0 Å². The lowest BCUT2D eigenvalue weighted by molar-refractivity contribution is 0.456. The standard InChI is InChI=1S/C15H15ClN2/c16-9-3-4-10-11(6-9)18-15(17-10)14-12-7-1-2-8(5-7)13(12)14/h3-4,6-8,12-14H,1-2,5H2,(H,17,18). The monoisotopic (exact) mass is 258 g/mol. The minimum atomic E-state index is 0.724. The number of benzene rings is 1. The Hall–Kier alpha value is -1.02. The second-order valence-corrected chi connectivity index (χ2v) is 6.73. The van der Waals surface area contributed by atoms with Crippen LogP contribution in [0.4, 0.5) is 0 Å². The van der Waals surface area contributed by atoms with Gasteiger partial charge in [0, 0.05) is 10.9 Å². The Kier molecular flexibility index (Phi) is 1.70. The van der Waals surface area contributed by atoms with Crippen molar-refractivity contribution in [2.75, 3.05) is 0 Å². The van der Waals surface area contributed by atoms with E-state index >= 15 is 0 Å². The lowest BCUT2D eigenvalue weighted by Crippen LogP contribution is -1.98. The van der Waals surface area contributed by atoms with E-state index in [0.29, 0.717) is 0 Å². The van der Waals surface area contributed by atoms with Crippen molar-refractivity contribution in [3.63, 3.8) is 0 Å². The second kappa shape index (κ2) is 3.11. The highest BCUT2D eigenvalue weighted by Gasteiger charge is 2.66. The molecule has 3 aliphatic rings. The van der Waals surface area contributed by atoms with Gasteiger partial charge in [0.05, 0.1) is 11.0 Å². The smallest absolute Gasteiger partial charge is 0.110 e. The van der Waals surface area contributed by atoms with Crippen molar-refractivity contribution in [1.29, 1.82) is 0 Å². The summed E-state index contributed by atoms with van der Waals surface area (Å²) in [4.78, 5) is 8.28. The molecule has 0 spiro atoms. The minimum absolute atomic E-state index is 0.724. The molecule has 1 aromatic carbocycles. The number of nitrogens with zero attached hydrogens (tertiary/aromatic N) is 1. The molecule has 1 heterocycles. The third-order valence-corrected chi connectivity index (χ3v) is 5.75. The maximum Gasteiger partial charge on any atom is 0.110 e. The van der Waals surface area contributed by atoms with Gasteiger partial charge >= 0.3 is 0 Å². The van der Waals surface area contributed by atoms with Crippen LogP contribution in [0.1, 0.15) is 31.0 Å². The van der Waals surface area contributed by atoms with Crippen LogP contribution in [0.15, 0.2) is 18.2 Å². The molecule has 0 saturated heterocycles. The Morgan fingerprint density at radius 1 is 1.17 bits per heavy atom. The summed E-state index contributed by atoms with van der Waals surface area (Å²) >= 11 is 6.03. The van der Waals surface area contributed by atoms with Crippen molar-refractivity contribution in [2.24, 2.45) is 23.7 Å². The predicted molar refractivity (Wildman–Crippen MR) is 71.7 cm³/mol. The first-order chi connectivity index (χ1) is 8.81. The Balaban J connectivity index is 1.56. The van der Waals surface area contributed by atoms with E-state index < -0.39 is 0 Å². The van der Waals surface area contributed by atoms with Crippen LogP contribution in [0.2, 0.25) is 5.02 Å². The molecule has 18 heavy (non-hydrogen) atoms. The van der Waals surface area contributed by atoms with Crippen LogP contribution < -0.4 is 0 Å². The molecule has 3 saturated carbocycles. The summed E-state index contributed by atoms with van der Waals surface area (Å²) in [5, 5.41) is 0.786. The summed E-state index contributed by atoms with van der Waals surface area (Å²) in [6.07, 6.45) is 4.43. The van der Waals surface area contributed by atoms with Crippen LogP contribution in [-0.2, 0) is 0 Å². The molecule has 92 valence electrons. The SMILES string of the molecule is Clc1ccc2nc(C3C4C5CCC(C5)C34)[nH]c2c1. The van der Waals surface area contributed by atoms with Gasteiger partial charge in [0.1, 0.15) is 5.82 Å². The number of rotatable bonds is 1. The number of H-pyrrole nitrogens is 1. The largest absolute Gasteiger partial charge is 0.342 e. The molecule has 0 aliphatic heterocycles. The zero-order chi connectivity index (χ0) is 11.9. The van der Waals surface area contributed by atoms with Crippen molar-refractivity contribution >= 4 is 22.6 Å². The molecular weight excluding hydrogens is 244 g/mol. The Morgan fingerprint density at radius 3 is 2.72 bits per heavy atom. The first kappa shape index (κ1) is 9.85. The van der Waals surface area contributed by atoms with Gasteiger partial charge in [-0.15, -0.1) is 0 Å². The number of halogens is 1. The van der Waals surface area contributed by atoms with Gasteiger partial charge in [0.25, 0.3) is 0 Å². The van der Waals surface area contributed by atoms with E-state index in [4.69, 9.17) is 16.6 Å². The number of hydrogen-bond donors (Lipinski definition) is 1. The number of aromatic amines is 1. The molecule has 3 heteroatoms. The van der Waals surface area contributed by atoms with Crippen LogP contribution in [0.5, 0.6) is 0 Å². The van der Waals surface area contributed by atoms with Gasteiger partial charge in [0.2, 0.25) is 0 Å². The molecule has 5 rings (SSSR count). The molecule has 2 nitrogen and oxygen atoms in total. The molecule has 3 fully saturated rings. The Morgan fingerprint density at radius 2 is 1.94 bits per heavy atom. The minimum Gasteiger partial charge on any atom is -0.342 e. The van der Waals surface area contributed by atoms with Crippen molar-refractivity contribution < 1.29 is 0 Å². The Labute approximate surface area is 111 Å². The molecule has 0 radical (unpaired) electrons. The van der Waals surface area contributed by atoms with E-state index in [0.717, 1.165) is 45.6 Å². The zero-order valence-electron chi connectivity index (χ0n) is 10.1. The number of hydrogen-bond acceptors (Lipinski definition) is 1. The van der Waals surface area contributed by atoms with Gasteiger partial charge in [-0.05, 0) is 61.1 Å². The van der Waals surface area contributed by atoms with Crippen molar-refractivity contribution in [2.45, 2.75) is 25.2 Å². The molecule has 4 atom stereocenters. The maximum atomic E-state index is 6.03. The Bertz CT molecular complexity index is 631. The van der Waals surface area contributed by atoms with Crippen LogP contribution in [0.3, 0.4) is 0 Å². The number of imidazole rings is 1.